The molecule has 1 aromatic heterocycles. The first-order chi connectivity index (χ1) is 15.4. The van der Waals surface area contributed by atoms with Crippen LogP contribution in [0, 0.1) is 15.4 Å². The number of aliphatic carboxylic acids is 1. The highest BCUT2D eigenvalue weighted by atomic mass is 127. The number of rotatable bonds is 6. The van der Waals surface area contributed by atoms with Crippen LogP contribution in [0.15, 0.2) is 72.9 Å². The van der Waals surface area contributed by atoms with E-state index < -0.39 is 11.6 Å². The molecule has 4 unspecified atom stereocenters. The smallest absolute Gasteiger partial charge is 0.354 e. The zero-order chi connectivity index (χ0) is 22.3. The zero-order valence-electron chi connectivity index (χ0n) is 18.0. The highest BCUT2D eigenvalue weighted by molar-refractivity contribution is 14.1. The normalized spacial score (nSPS) is 25.9. The molecule has 5 rings (SSSR count). The highest BCUT2D eigenvalue weighted by Gasteiger charge is 2.52. The van der Waals surface area contributed by atoms with E-state index in [1.807, 2.05) is 12.1 Å². The van der Waals surface area contributed by atoms with Crippen LogP contribution in [-0.2, 0) is 15.8 Å². The van der Waals surface area contributed by atoms with Crippen molar-refractivity contribution in [2.75, 3.05) is 0 Å². The number of hydrogen-bond acceptors (Lipinski definition) is 3. The van der Waals surface area contributed by atoms with Crippen LogP contribution in [0.2, 0.25) is 0 Å². The van der Waals surface area contributed by atoms with E-state index in [2.05, 4.69) is 64.0 Å². The van der Waals surface area contributed by atoms with Crippen molar-refractivity contribution in [3.63, 3.8) is 0 Å². The van der Waals surface area contributed by atoms with E-state index in [0.29, 0.717) is 17.4 Å². The van der Waals surface area contributed by atoms with Crippen LogP contribution < -0.4 is 4.74 Å². The van der Waals surface area contributed by atoms with Crippen molar-refractivity contribution in [2.45, 2.75) is 43.6 Å². The molecule has 0 saturated heterocycles. The van der Waals surface area contributed by atoms with Gasteiger partial charge in [0.2, 0.25) is 5.60 Å². The van der Waals surface area contributed by atoms with Crippen molar-refractivity contribution in [2.24, 2.45) is 11.8 Å². The van der Waals surface area contributed by atoms with E-state index in [0.717, 1.165) is 5.92 Å². The Morgan fingerprint density at radius 1 is 1.06 bits per heavy atom. The number of carbonyl (C=O) groups is 1. The summed E-state index contributed by atoms with van der Waals surface area (Å²) in [4.78, 5) is 16.3. The summed E-state index contributed by atoms with van der Waals surface area (Å²) in [5.74, 6) is 0.903. The Labute approximate surface area is 202 Å². The Hall–Kier alpha value is -2.41. The molecule has 0 spiro atoms. The first-order valence-electron chi connectivity index (χ1n) is 11.1. The Kier molecular flexibility index (Phi) is 5.48. The maximum atomic E-state index is 12.1. The number of aromatic nitrogens is 1. The number of ether oxygens (including phenoxy) is 1. The predicted octanol–water partition coefficient (Wildman–Crippen LogP) is 6.17. The highest BCUT2D eigenvalue weighted by Crippen LogP contribution is 2.60. The van der Waals surface area contributed by atoms with Crippen molar-refractivity contribution in [1.82, 2.24) is 4.98 Å². The van der Waals surface area contributed by atoms with Gasteiger partial charge in [-0.2, -0.15) is 0 Å². The molecule has 4 atom stereocenters. The van der Waals surface area contributed by atoms with Gasteiger partial charge in [0.05, 0.1) is 5.69 Å². The van der Waals surface area contributed by atoms with Crippen LogP contribution in [0.5, 0.6) is 5.75 Å². The summed E-state index contributed by atoms with van der Waals surface area (Å²) < 4.78 is 7.27. The molecule has 1 heterocycles. The topological polar surface area (TPSA) is 59.4 Å². The van der Waals surface area contributed by atoms with Gasteiger partial charge in [-0.15, -0.1) is 0 Å². The maximum absolute atomic E-state index is 12.1. The number of hydrogen-bond donors (Lipinski definition) is 1. The average molecular weight is 539 g/mol. The summed E-state index contributed by atoms with van der Waals surface area (Å²) in [5, 5.41) is 9.89. The van der Waals surface area contributed by atoms with Crippen LogP contribution >= 0.6 is 22.6 Å². The standard InChI is InChI=1S/C27H26INO3/c1-26(25(30)31,24-4-2-3-15-29-24)32-23-13-9-20(10-14-23)27(17-18-5-6-21(27)16-18)19-7-11-22(28)12-8-19/h2-4,7-15,18,21H,5-6,16-17H2,1H3,(H,30,31). The third-order valence-electron chi connectivity index (χ3n) is 7.46. The molecular weight excluding hydrogens is 513 g/mol. The Morgan fingerprint density at radius 2 is 1.75 bits per heavy atom. The zero-order valence-corrected chi connectivity index (χ0v) is 20.2. The quantitative estimate of drug-likeness (QED) is 0.381. The van der Waals surface area contributed by atoms with Gasteiger partial charge < -0.3 is 9.84 Å². The Morgan fingerprint density at radius 3 is 2.28 bits per heavy atom. The minimum absolute atomic E-state index is 0.0306. The van der Waals surface area contributed by atoms with Gasteiger partial charge in [-0.3, -0.25) is 4.98 Å². The molecule has 0 aliphatic heterocycles. The minimum atomic E-state index is -1.55. The number of pyridine rings is 1. The molecule has 2 fully saturated rings. The molecule has 2 aromatic carbocycles. The number of carboxylic acids is 1. The SMILES string of the molecule is CC(Oc1ccc(C2(c3ccc(I)cc3)CC3CCC2C3)cc1)(C(=O)O)c1ccccn1. The van der Waals surface area contributed by atoms with Gasteiger partial charge in [-0.05, 0) is 108 Å². The summed E-state index contributed by atoms with van der Waals surface area (Å²) in [7, 11) is 0. The molecule has 0 radical (unpaired) electrons. The van der Waals surface area contributed by atoms with Crippen molar-refractivity contribution >= 4 is 28.6 Å². The molecule has 4 nitrogen and oxygen atoms in total. The summed E-state index contributed by atoms with van der Waals surface area (Å²) >= 11 is 2.36. The molecule has 5 heteroatoms. The molecule has 164 valence electrons. The molecule has 3 aromatic rings. The third kappa shape index (κ3) is 3.51. The fraction of sp³-hybridized carbons (Fsp3) is 0.333. The van der Waals surface area contributed by atoms with Gasteiger partial charge in [0.1, 0.15) is 5.75 Å². The fourth-order valence-electron chi connectivity index (χ4n) is 5.86. The van der Waals surface area contributed by atoms with Crippen LogP contribution in [0.4, 0.5) is 0 Å². The Bertz CT molecular complexity index is 1120. The van der Waals surface area contributed by atoms with E-state index in [1.54, 1.807) is 31.3 Å². The van der Waals surface area contributed by atoms with E-state index in [-0.39, 0.29) is 5.41 Å². The second-order valence-corrected chi connectivity index (χ2v) is 10.5. The lowest BCUT2D eigenvalue weighted by molar-refractivity contribution is -0.155. The largest absolute Gasteiger partial charge is 0.478 e. The molecule has 2 bridgehead atoms. The molecule has 1 N–H and O–H groups in total. The van der Waals surface area contributed by atoms with Crippen LogP contribution in [0.25, 0.3) is 0 Å². The molecule has 2 aliphatic carbocycles. The van der Waals surface area contributed by atoms with Crippen LogP contribution in [-0.4, -0.2) is 16.1 Å². The fourth-order valence-corrected chi connectivity index (χ4v) is 6.22. The molecule has 2 saturated carbocycles. The van der Waals surface area contributed by atoms with E-state index >= 15 is 0 Å². The lowest BCUT2D eigenvalue weighted by Gasteiger charge is -2.39. The molecule has 0 amide bonds. The van der Waals surface area contributed by atoms with E-state index in [4.69, 9.17) is 4.74 Å². The van der Waals surface area contributed by atoms with E-state index in [1.165, 1.54) is 40.4 Å². The summed E-state index contributed by atoms with van der Waals surface area (Å²) in [6.07, 6.45) is 6.66. The van der Waals surface area contributed by atoms with E-state index in [9.17, 15) is 9.90 Å². The summed E-state index contributed by atoms with van der Waals surface area (Å²) in [6.45, 7) is 1.55. The minimum Gasteiger partial charge on any atom is -0.478 e. The van der Waals surface area contributed by atoms with Gasteiger partial charge in [0, 0.05) is 15.2 Å². The molecule has 32 heavy (non-hydrogen) atoms. The summed E-state index contributed by atoms with van der Waals surface area (Å²) in [5.41, 5.74) is 1.54. The van der Waals surface area contributed by atoms with Gasteiger partial charge in [-0.25, -0.2) is 4.79 Å². The molecular formula is C27H26INO3. The van der Waals surface area contributed by atoms with Crippen molar-refractivity contribution in [3.05, 3.63) is 93.3 Å². The predicted molar refractivity (Wildman–Crippen MR) is 132 cm³/mol. The third-order valence-corrected chi connectivity index (χ3v) is 8.18. The number of benzene rings is 2. The summed E-state index contributed by atoms with van der Waals surface area (Å²) in [6, 6.07) is 22.3. The number of fused-ring (bicyclic) bond motifs is 2. The molecule has 2 aliphatic rings. The van der Waals surface area contributed by atoms with Gasteiger partial charge in [0.25, 0.3) is 0 Å². The first kappa shape index (κ1) is 21.4. The monoisotopic (exact) mass is 539 g/mol. The Balaban J connectivity index is 1.49. The lowest BCUT2D eigenvalue weighted by Crippen LogP contribution is -2.39. The number of nitrogens with zero attached hydrogens (tertiary/aromatic N) is 1. The average Bonchev–Trinajstić information content (AvgIpc) is 3.43. The van der Waals surface area contributed by atoms with Gasteiger partial charge in [-0.1, -0.05) is 36.8 Å². The van der Waals surface area contributed by atoms with Crippen LogP contribution in [0.1, 0.15) is 49.4 Å². The van der Waals surface area contributed by atoms with Gasteiger partial charge >= 0.3 is 5.97 Å². The maximum Gasteiger partial charge on any atom is 0.354 e. The second-order valence-electron chi connectivity index (χ2n) is 9.24. The number of halogens is 1. The first-order valence-corrected chi connectivity index (χ1v) is 12.2. The van der Waals surface area contributed by atoms with Gasteiger partial charge in [0.15, 0.2) is 0 Å². The number of carboxylic acid groups (broad SMARTS) is 1. The second kappa shape index (κ2) is 8.18. The van der Waals surface area contributed by atoms with Crippen LogP contribution in [0.3, 0.4) is 0 Å². The lowest BCUT2D eigenvalue weighted by atomic mass is 9.64. The van der Waals surface area contributed by atoms with Crippen molar-refractivity contribution < 1.29 is 14.6 Å². The van der Waals surface area contributed by atoms with Crippen molar-refractivity contribution in [1.29, 1.82) is 0 Å². The van der Waals surface area contributed by atoms with Crippen molar-refractivity contribution in [3.8, 4) is 5.75 Å².